The van der Waals surface area contributed by atoms with Gasteiger partial charge < -0.3 is 4.90 Å². The van der Waals surface area contributed by atoms with Crippen LogP contribution in [-0.2, 0) is 0 Å². The summed E-state index contributed by atoms with van der Waals surface area (Å²) in [7, 11) is 0. The summed E-state index contributed by atoms with van der Waals surface area (Å²) in [5.41, 5.74) is 0. The van der Waals surface area contributed by atoms with Crippen LogP contribution in [0, 0.1) is 0 Å². The lowest BCUT2D eigenvalue weighted by molar-refractivity contribution is 0.726. The van der Waals surface area contributed by atoms with Crippen LogP contribution in [0.3, 0.4) is 0 Å². The van der Waals surface area contributed by atoms with E-state index < -0.39 is 0 Å². The predicted octanol–water partition coefficient (Wildman–Crippen LogP) is 2.70. The largest absolute Gasteiger partial charge is 0.356 e. The highest BCUT2D eigenvalue weighted by Crippen LogP contribution is 2.21. The molecule has 6 heteroatoms. The Morgan fingerprint density at radius 2 is 1.84 bits per heavy atom. The Morgan fingerprint density at radius 1 is 1.05 bits per heavy atom. The van der Waals surface area contributed by atoms with Gasteiger partial charge in [0.25, 0.3) is 0 Å². The fourth-order valence-electron chi connectivity index (χ4n) is 2.35. The third kappa shape index (κ3) is 2.87. The molecular weight excluding hydrogens is 262 g/mol. The van der Waals surface area contributed by atoms with E-state index >= 15 is 0 Å². The summed E-state index contributed by atoms with van der Waals surface area (Å²) in [5, 5.41) is 0.470. The summed E-state index contributed by atoms with van der Waals surface area (Å²) in [6, 6.07) is 1.84. The predicted molar refractivity (Wildman–Crippen MR) is 74.8 cm³/mol. The summed E-state index contributed by atoms with van der Waals surface area (Å²) < 4.78 is 1.77. The van der Waals surface area contributed by atoms with Crippen molar-refractivity contribution in [1.29, 1.82) is 0 Å². The van der Waals surface area contributed by atoms with Crippen LogP contribution in [0.4, 0.5) is 5.82 Å². The summed E-state index contributed by atoms with van der Waals surface area (Å²) >= 11 is 6.12. The first-order valence-electron chi connectivity index (χ1n) is 6.61. The van der Waals surface area contributed by atoms with Gasteiger partial charge in [-0.05, 0) is 12.8 Å². The Hall–Kier alpha value is -1.62. The maximum Gasteiger partial charge on any atom is 0.238 e. The van der Waals surface area contributed by atoms with Crippen molar-refractivity contribution in [3.8, 4) is 5.95 Å². The molecule has 0 unspecified atom stereocenters. The van der Waals surface area contributed by atoms with Gasteiger partial charge in [-0.25, -0.2) is 9.97 Å². The van der Waals surface area contributed by atoms with Crippen molar-refractivity contribution in [3.63, 3.8) is 0 Å². The van der Waals surface area contributed by atoms with E-state index in [0.29, 0.717) is 11.1 Å². The van der Waals surface area contributed by atoms with Gasteiger partial charge >= 0.3 is 0 Å². The quantitative estimate of drug-likeness (QED) is 0.792. The van der Waals surface area contributed by atoms with E-state index in [9.17, 15) is 0 Å². The molecule has 0 bridgehead atoms. The van der Waals surface area contributed by atoms with Gasteiger partial charge in [0.05, 0.1) is 0 Å². The number of rotatable bonds is 2. The SMILES string of the molecule is Clc1cc(N2CCCCCC2)nc(-n2ccnc2)n1. The second-order valence-electron chi connectivity index (χ2n) is 4.72. The smallest absolute Gasteiger partial charge is 0.238 e. The number of hydrogen-bond donors (Lipinski definition) is 0. The van der Waals surface area contributed by atoms with E-state index in [0.717, 1.165) is 18.9 Å². The molecule has 0 saturated carbocycles. The van der Waals surface area contributed by atoms with Crippen LogP contribution in [0.25, 0.3) is 5.95 Å². The zero-order chi connectivity index (χ0) is 13.1. The molecule has 0 spiro atoms. The molecule has 0 radical (unpaired) electrons. The van der Waals surface area contributed by atoms with Crippen molar-refractivity contribution in [2.75, 3.05) is 18.0 Å². The average molecular weight is 278 g/mol. The molecule has 0 aliphatic carbocycles. The minimum Gasteiger partial charge on any atom is -0.356 e. The molecule has 1 saturated heterocycles. The van der Waals surface area contributed by atoms with Crippen molar-refractivity contribution < 1.29 is 0 Å². The van der Waals surface area contributed by atoms with Crippen molar-refractivity contribution in [3.05, 3.63) is 29.9 Å². The molecule has 3 rings (SSSR count). The maximum atomic E-state index is 6.12. The molecule has 100 valence electrons. The lowest BCUT2D eigenvalue weighted by Gasteiger charge is -2.21. The molecule has 3 heterocycles. The molecule has 2 aromatic rings. The molecule has 1 aliphatic heterocycles. The Kier molecular flexibility index (Phi) is 3.64. The van der Waals surface area contributed by atoms with E-state index in [-0.39, 0.29) is 0 Å². The fourth-order valence-corrected chi connectivity index (χ4v) is 2.52. The van der Waals surface area contributed by atoms with Crippen LogP contribution in [-0.4, -0.2) is 32.6 Å². The lowest BCUT2D eigenvalue weighted by atomic mass is 10.2. The zero-order valence-electron chi connectivity index (χ0n) is 10.7. The maximum absolute atomic E-state index is 6.12. The van der Waals surface area contributed by atoms with Crippen LogP contribution in [0.2, 0.25) is 5.15 Å². The second-order valence-corrected chi connectivity index (χ2v) is 5.11. The van der Waals surface area contributed by atoms with E-state index in [4.69, 9.17) is 11.6 Å². The van der Waals surface area contributed by atoms with Crippen molar-refractivity contribution in [1.82, 2.24) is 19.5 Å². The Bertz CT molecular complexity index is 532. The first kappa shape index (κ1) is 12.4. The highest BCUT2D eigenvalue weighted by atomic mass is 35.5. The highest BCUT2D eigenvalue weighted by molar-refractivity contribution is 6.29. The first-order valence-corrected chi connectivity index (χ1v) is 6.98. The summed E-state index contributed by atoms with van der Waals surface area (Å²) in [5.74, 6) is 1.48. The van der Waals surface area contributed by atoms with Crippen molar-refractivity contribution in [2.45, 2.75) is 25.7 Å². The molecule has 2 aromatic heterocycles. The minimum absolute atomic E-state index is 0.470. The third-order valence-electron chi connectivity index (χ3n) is 3.33. The van der Waals surface area contributed by atoms with Crippen LogP contribution < -0.4 is 4.90 Å². The highest BCUT2D eigenvalue weighted by Gasteiger charge is 2.13. The summed E-state index contributed by atoms with van der Waals surface area (Å²) in [6.07, 6.45) is 10.2. The van der Waals surface area contributed by atoms with Crippen LogP contribution in [0.5, 0.6) is 0 Å². The fraction of sp³-hybridized carbons (Fsp3) is 0.462. The van der Waals surface area contributed by atoms with Gasteiger partial charge in [0, 0.05) is 31.5 Å². The standard InChI is InChI=1S/C13H16ClN5/c14-11-9-12(18-6-3-1-2-4-7-18)17-13(16-11)19-8-5-15-10-19/h5,8-10H,1-4,6-7H2. The molecule has 0 aromatic carbocycles. The van der Waals surface area contributed by atoms with Gasteiger partial charge in [-0.1, -0.05) is 24.4 Å². The normalized spacial score (nSPS) is 16.4. The summed E-state index contributed by atoms with van der Waals surface area (Å²) in [6.45, 7) is 2.08. The Balaban J connectivity index is 1.92. The van der Waals surface area contributed by atoms with Crippen molar-refractivity contribution >= 4 is 17.4 Å². The molecule has 5 nitrogen and oxygen atoms in total. The third-order valence-corrected chi connectivity index (χ3v) is 3.53. The Morgan fingerprint density at radius 3 is 2.53 bits per heavy atom. The van der Waals surface area contributed by atoms with E-state index in [1.54, 1.807) is 17.1 Å². The van der Waals surface area contributed by atoms with Gasteiger partial charge in [-0.2, -0.15) is 4.98 Å². The zero-order valence-corrected chi connectivity index (χ0v) is 11.4. The molecular formula is C13H16ClN5. The van der Waals surface area contributed by atoms with Gasteiger partial charge in [0.1, 0.15) is 17.3 Å². The molecule has 0 atom stereocenters. The molecule has 1 fully saturated rings. The van der Waals surface area contributed by atoms with Crippen LogP contribution in [0.15, 0.2) is 24.8 Å². The number of aromatic nitrogens is 4. The number of hydrogen-bond acceptors (Lipinski definition) is 4. The molecule has 0 amide bonds. The number of halogens is 1. The average Bonchev–Trinajstić information content (AvgIpc) is 2.81. The van der Waals surface area contributed by atoms with Gasteiger partial charge in [0.15, 0.2) is 0 Å². The number of anilines is 1. The summed E-state index contributed by atoms with van der Waals surface area (Å²) in [4.78, 5) is 15.1. The lowest BCUT2D eigenvalue weighted by Crippen LogP contribution is -2.25. The molecule has 1 aliphatic rings. The number of imidazole rings is 1. The molecule has 0 N–H and O–H groups in total. The van der Waals surface area contributed by atoms with Gasteiger partial charge in [0.2, 0.25) is 5.95 Å². The van der Waals surface area contributed by atoms with Crippen LogP contribution >= 0.6 is 11.6 Å². The number of nitrogens with zero attached hydrogens (tertiary/aromatic N) is 5. The monoisotopic (exact) mass is 277 g/mol. The topological polar surface area (TPSA) is 46.8 Å². The van der Waals surface area contributed by atoms with Gasteiger partial charge in [-0.15, -0.1) is 0 Å². The van der Waals surface area contributed by atoms with E-state index in [1.165, 1.54) is 25.7 Å². The van der Waals surface area contributed by atoms with Gasteiger partial charge in [-0.3, -0.25) is 4.57 Å². The Labute approximate surface area is 117 Å². The van der Waals surface area contributed by atoms with Crippen LogP contribution in [0.1, 0.15) is 25.7 Å². The van der Waals surface area contributed by atoms with E-state index in [1.807, 2.05) is 12.3 Å². The van der Waals surface area contributed by atoms with E-state index in [2.05, 4.69) is 19.9 Å². The first-order chi connectivity index (χ1) is 9.33. The van der Waals surface area contributed by atoms with Crippen molar-refractivity contribution in [2.24, 2.45) is 0 Å². The molecule has 19 heavy (non-hydrogen) atoms. The second kappa shape index (κ2) is 5.57. The minimum atomic E-state index is 0.470.